The van der Waals surface area contributed by atoms with Crippen LogP contribution in [0, 0.1) is 0 Å². The molecule has 0 radical (unpaired) electrons. The summed E-state index contributed by atoms with van der Waals surface area (Å²) in [6.07, 6.45) is 4.07. The molecule has 2 heteroatoms. The van der Waals surface area contributed by atoms with Crippen LogP contribution in [0.15, 0.2) is 28.7 Å². The van der Waals surface area contributed by atoms with Gasteiger partial charge in [-0.25, -0.2) is 4.40 Å². The van der Waals surface area contributed by atoms with Gasteiger partial charge in [0.1, 0.15) is 0 Å². The van der Waals surface area contributed by atoms with Crippen LogP contribution in [0.1, 0.15) is 11.1 Å². The second-order valence-corrected chi connectivity index (χ2v) is 4.00. The van der Waals surface area contributed by atoms with E-state index in [1.54, 1.807) is 0 Å². The topological polar surface area (TPSA) is 12.4 Å². The van der Waals surface area contributed by atoms with Gasteiger partial charge in [-0.15, -0.1) is 0 Å². The number of fused-ring (bicyclic) bond motifs is 1. The number of benzene rings is 1. The Morgan fingerprint density at radius 3 is 2.73 bits per heavy atom. The first kappa shape index (κ1) is 6.80. The normalized spacial score (nSPS) is 20.6. The van der Waals surface area contributed by atoms with E-state index >= 15 is 0 Å². The molecule has 0 amide bonds. The quantitative estimate of drug-likeness (QED) is 0.519. The summed E-state index contributed by atoms with van der Waals surface area (Å²) in [6, 6.07) is 8.32. The van der Waals surface area contributed by atoms with Crippen LogP contribution in [0.2, 0.25) is 0 Å². The summed E-state index contributed by atoms with van der Waals surface area (Å²) in [5.74, 6) is 0. The van der Waals surface area contributed by atoms with Crippen molar-refractivity contribution in [3.8, 4) is 0 Å². The lowest BCUT2D eigenvalue weighted by atomic mass is 10.1. The molecule has 1 atom stereocenters. The van der Waals surface area contributed by atoms with Crippen molar-refractivity contribution < 1.29 is 0 Å². The van der Waals surface area contributed by atoms with E-state index < -0.39 is 0 Å². The molecule has 1 aromatic rings. The highest BCUT2D eigenvalue weighted by Crippen LogP contribution is 2.17. The molecule has 1 aliphatic heterocycles. The summed E-state index contributed by atoms with van der Waals surface area (Å²) >= 11 is 0. The molecule has 1 nitrogen and oxygen atoms in total. The van der Waals surface area contributed by atoms with Crippen LogP contribution in [0.4, 0.5) is 0 Å². The van der Waals surface area contributed by atoms with Crippen molar-refractivity contribution in [2.75, 3.05) is 6.26 Å². The van der Waals surface area contributed by atoms with Gasteiger partial charge in [-0.1, -0.05) is 34.9 Å². The zero-order valence-electron chi connectivity index (χ0n) is 6.32. The molecule has 0 saturated carbocycles. The first-order valence-corrected chi connectivity index (χ1v) is 5.14. The highest BCUT2D eigenvalue weighted by Gasteiger charge is 1.99. The van der Waals surface area contributed by atoms with Crippen molar-refractivity contribution in [3.05, 3.63) is 35.4 Å². The first-order chi connectivity index (χ1) is 5.36. The Morgan fingerprint density at radius 2 is 1.91 bits per heavy atom. The molecule has 0 spiro atoms. The molecule has 56 valence electrons. The van der Waals surface area contributed by atoms with Gasteiger partial charge in [0.05, 0.1) is 0 Å². The maximum absolute atomic E-state index is 4.32. The van der Waals surface area contributed by atoms with Gasteiger partial charge >= 0.3 is 0 Å². The molecule has 0 bridgehead atoms. The molecule has 1 aliphatic rings. The smallest absolute Gasteiger partial charge is 0.0423 e. The molecule has 0 fully saturated rings. The van der Waals surface area contributed by atoms with Gasteiger partial charge < -0.3 is 0 Å². The van der Waals surface area contributed by atoms with E-state index in [4.69, 9.17) is 0 Å². The van der Waals surface area contributed by atoms with Crippen LogP contribution >= 0.6 is 10.7 Å². The second-order valence-electron chi connectivity index (χ2n) is 2.50. The van der Waals surface area contributed by atoms with Gasteiger partial charge in [-0.3, -0.25) is 0 Å². The molecule has 0 aromatic heterocycles. The van der Waals surface area contributed by atoms with Gasteiger partial charge in [0.25, 0.3) is 0 Å². The Balaban J connectivity index is 2.61. The molecule has 0 aliphatic carbocycles. The van der Waals surface area contributed by atoms with Crippen molar-refractivity contribution >= 4 is 22.3 Å². The fraction of sp³-hybridized carbons (Fsp3) is 0.111. The number of nitrogens with zero attached hydrogens (tertiary/aromatic N) is 1. The van der Waals surface area contributed by atoms with Crippen LogP contribution in [-0.4, -0.2) is 17.8 Å². The third-order valence-electron chi connectivity index (χ3n) is 1.65. The zero-order chi connectivity index (χ0) is 7.68. The minimum atomic E-state index is 0.0929. The van der Waals surface area contributed by atoms with E-state index in [1.807, 2.05) is 12.3 Å². The minimum Gasteiger partial charge on any atom is -0.231 e. The number of hydrogen-bond acceptors (Lipinski definition) is 1. The predicted octanol–water partition coefficient (Wildman–Crippen LogP) is 2.08. The van der Waals surface area contributed by atoms with Crippen LogP contribution < -0.4 is 0 Å². The summed E-state index contributed by atoms with van der Waals surface area (Å²) in [5.41, 5.74) is 2.55. The third kappa shape index (κ3) is 1.26. The van der Waals surface area contributed by atoms with Crippen LogP contribution in [0.3, 0.4) is 0 Å². The van der Waals surface area contributed by atoms with Crippen LogP contribution in [0.5, 0.6) is 0 Å². The lowest BCUT2D eigenvalue weighted by molar-refractivity contribution is 1.64. The zero-order valence-corrected chi connectivity index (χ0v) is 7.14. The number of rotatable bonds is 0. The molecule has 0 N–H and O–H groups in total. The van der Waals surface area contributed by atoms with E-state index in [0.717, 1.165) is 0 Å². The molecule has 1 aromatic carbocycles. The van der Waals surface area contributed by atoms with Gasteiger partial charge in [-0.05, 0) is 17.2 Å². The maximum Gasteiger partial charge on any atom is 0.0423 e. The Bertz CT molecular complexity index is 339. The first-order valence-electron chi connectivity index (χ1n) is 3.49. The van der Waals surface area contributed by atoms with Crippen molar-refractivity contribution in [2.45, 2.75) is 0 Å². The highest BCUT2D eigenvalue weighted by molar-refractivity contribution is 8.13. The van der Waals surface area contributed by atoms with Gasteiger partial charge in [-0.2, -0.15) is 0 Å². The van der Waals surface area contributed by atoms with Crippen molar-refractivity contribution in [1.29, 1.82) is 0 Å². The fourth-order valence-corrected chi connectivity index (χ4v) is 2.01. The van der Waals surface area contributed by atoms with E-state index in [1.165, 1.54) is 11.1 Å². The molecule has 1 unspecified atom stereocenters. The Kier molecular flexibility index (Phi) is 1.62. The van der Waals surface area contributed by atoms with Gasteiger partial charge in [0.15, 0.2) is 0 Å². The maximum atomic E-state index is 4.32. The van der Waals surface area contributed by atoms with Crippen molar-refractivity contribution in [3.63, 3.8) is 0 Å². The average molecular weight is 163 g/mol. The second kappa shape index (κ2) is 2.62. The largest absolute Gasteiger partial charge is 0.231 e. The molecule has 11 heavy (non-hydrogen) atoms. The van der Waals surface area contributed by atoms with Crippen LogP contribution in [0.25, 0.3) is 0 Å². The van der Waals surface area contributed by atoms with Gasteiger partial charge in [0, 0.05) is 11.8 Å². The lowest BCUT2D eigenvalue weighted by Gasteiger charge is -2.05. The summed E-state index contributed by atoms with van der Waals surface area (Å²) in [7, 11) is 0.0929. The molecule has 0 saturated heterocycles. The SMILES string of the molecule is CS1=Cc2ccccc2C=N1. The monoisotopic (exact) mass is 163 g/mol. The van der Waals surface area contributed by atoms with Crippen molar-refractivity contribution in [2.24, 2.45) is 4.40 Å². The Hall–Kier alpha value is -0.890. The summed E-state index contributed by atoms with van der Waals surface area (Å²) < 4.78 is 4.32. The number of hydrogen-bond donors (Lipinski definition) is 0. The van der Waals surface area contributed by atoms with Gasteiger partial charge in [0.2, 0.25) is 0 Å². The Labute approximate surface area is 68.8 Å². The van der Waals surface area contributed by atoms with Crippen LogP contribution in [-0.2, 0) is 0 Å². The molecular weight excluding hydrogens is 154 g/mol. The predicted molar refractivity (Wildman–Crippen MR) is 52.7 cm³/mol. The highest BCUT2D eigenvalue weighted by atomic mass is 32.2. The average Bonchev–Trinajstić information content (AvgIpc) is 2.04. The lowest BCUT2D eigenvalue weighted by Crippen LogP contribution is -1.94. The Morgan fingerprint density at radius 1 is 1.18 bits per heavy atom. The van der Waals surface area contributed by atoms with E-state index in [2.05, 4.69) is 34.2 Å². The van der Waals surface area contributed by atoms with E-state index in [9.17, 15) is 0 Å². The fourth-order valence-electron chi connectivity index (χ4n) is 1.09. The van der Waals surface area contributed by atoms with E-state index in [-0.39, 0.29) is 10.7 Å². The van der Waals surface area contributed by atoms with E-state index in [0.29, 0.717) is 0 Å². The van der Waals surface area contributed by atoms with Crippen molar-refractivity contribution in [1.82, 2.24) is 0 Å². The summed E-state index contributed by atoms with van der Waals surface area (Å²) in [6.45, 7) is 0. The molecule has 1 heterocycles. The summed E-state index contributed by atoms with van der Waals surface area (Å²) in [4.78, 5) is 0. The standard InChI is InChI=1S/C9H9NS/c1-11-7-9-5-3-2-4-8(9)6-10-11/h2-7H,1H3. The minimum absolute atomic E-state index is 0.0929. The summed E-state index contributed by atoms with van der Waals surface area (Å²) in [5, 5.41) is 2.20. The molecular formula is C9H9NS. The third-order valence-corrected chi connectivity index (χ3v) is 2.68. The molecule has 2 rings (SSSR count).